The third kappa shape index (κ3) is 3.41. The molecule has 1 N–H and O–H groups in total. The standard InChI is InChI=1S/C19H16N2O6/c22-17(21-8-7-20-19(21)24)10-26-18(23)11-25-12-5-6-16-14(9-12)13-3-1-2-4-15(13)27-16/h1-6,9H,7-8,10-11H2,(H,20,24). The first-order valence-corrected chi connectivity index (χ1v) is 8.40. The molecule has 1 aliphatic rings. The summed E-state index contributed by atoms with van der Waals surface area (Å²) in [5.41, 5.74) is 1.49. The minimum atomic E-state index is -0.694. The first-order chi connectivity index (χ1) is 13.1. The van der Waals surface area contributed by atoms with E-state index in [2.05, 4.69) is 5.32 Å². The Balaban J connectivity index is 1.35. The van der Waals surface area contributed by atoms with Crippen molar-refractivity contribution < 1.29 is 28.3 Å². The van der Waals surface area contributed by atoms with Gasteiger partial charge in [-0.2, -0.15) is 0 Å². The molecule has 0 saturated carbocycles. The summed E-state index contributed by atoms with van der Waals surface area (Å²) in [5.74, 6) is -0.777. The normalized spacial score (nSPS) is 13.8. The zero-order valence-corrected chi connectivity index (χ0v) is 14.3. The maximum Gasteiger partial charge on any atom is 0.344 e. The number of esters is 1. The quantitative estimate of drug-likeness (QED) is 0.692. The van der Waals surface area contributed by atoms with Gasteiger partial charge in [-0.3, -0.25) is 9.69 Å². The minimum Gasteiger partial charge on any atom is -0.482 e. The number of rotatable bonds is 5. The highest BCUT2D eigenvalue weighted by Gasteiger charge is 2.26. The smallest absolute Gasteiger partial charge is 0.344 e. The van der Waals surface area contributed by atoms with Gasteiger partial charge in [-0.15, -0.1) is 0 Å². The van der Waals surface area contributed by atoms with Crippen LogP contribution in [0.15, 0.2) is 46.9 Å². The topological polar surface area (TPSA) is 98.1 Å². The molecule has 1 fully saturated rings. The van der Waals surface area contributed by atoms with Crippen molar-refractivity contribution in [3.05, 3.63) is 42.5 Å². The van der Waals surface area contributed by atoms with Crippen LogP contribution in [0.1, 0.15) is 0 Å². The number of hydrogen-bond donors (Lipinski definition) is 1. The zero-order chi connectivity index (χ0) is 18.8. The number of carbonyl (C=O) groups is 3. The largest absolute Gasteiger partial charge is 0.482 e. The molecule has 0 unspecified atom stereocenters. The number of carbonyl (C=O) groups excluding carboxylic acids is 3. The number of imide groups is 1. The van der Waals surface area contributed by atoms with Gasteiger partial charge < -0.3 is 19.2 Å². The van der Waals surface area contributed by atoms with Gasteiger partial charge in [0.1, 0.15) is 16.9 Å². The molecule has 0 radical (unpaired) electrons. The van der Waals surface area contributed by atoms with E-state index in [4.69, 9.17) is 13.9 Å². The van der Waals surface area contributed by atoms with Gasteiger partial charge in [0.05, 0.1) is 0 Å². The van der Waals surface area contributed by atoms with Crippen LogP contribution in [0.25, 0.3) is 21.9 Å². The summed E-state index contributed by atoms with van der Waals surface area (Å²) < 4.78 is 16.1. The lowest BCUT2D eigenvalue weighted by molar-refractivity contribution is -0.152. The molecule has 0 bridgehead atoms. The van der Waals surface area contributed by atoms with Crippen molar-refractivity contribution in [2.45, 2.75) is 0 Å². The maximum atomic E-state index is 11.8. The number of amides is 3. The fourth-order valence-electron chi connectivity index (χ4n) is 2.91. The van der Waals surface area contributed by atoms with E-state index in [9.17, 15) is 14.4 Å². The number of ether oxygens (including phenoxy) is 2. The van der Waals surface area contributed by atoms with Crippen LogP contribution in [-0.2, 0) is 14.3 Å². The van der Waals surface area contributed by atoms with E-state index in [0.717, 1.165) is 26.8 Å². The Morgan fingerprint density at radius 1 is 1.07 bits per heavy atom. The number of urea groups is 1. The van der Waals surface area contributed by atoms with Crippen molar-refractivity contribution in [2.24, 2.45) is 0 Å². The summed E-state index contributed by atoms with van der Waals surface area (Å²) in [4.78, 5) is 36.0. The highest BCUT2D eigenvalue weighted by atomic mass is 16.6. The predicted molar refractivity (Wildman–Crippen MR) is 95.3 cm³/mol. The molecule has 0 aliphatic carbocycles. The Hall–Kier alpha value is -3.55. The Kier molecular flexibility index (Phi) is 4.37. The van der Waals surface area contributed by atoms with Crippen molar-refractivity contribution >= 4 is 39.8 Å². The molecule has 1 aromatic heterocycles. The average molecular weight is 368 g/mol. The molecule has 3 aromatic rings. The van der Waals surface area contributed by atoms with Crippen molar-refractivity contribution in [3.8, 4) is 5.75 Å². The molecule has 1 saturated heterocycles. The van der Waals surface area contributed by atoms with E-state index in [1.165, 1.54) is 0 Å². The molecule has 138 valence electrons. The van der Waals surface area contributed by atoms with Crippen molar-refractivity contribution in [1.29, 1.82) is 0 Å². The summed E-state index contributed by atoms with van der Waals surface area (Å²) in [7, 11) is 0. The van der Waals surface area contributed by atoms with Gasteiger partial charge >= 0.3 is 12.0 Å². The number of hydrogen-bond acceptors (Lipinski definition) is 6. The van der Waals surface area contributed by atoms with Crippen LogP contribution < -0.4 is 10.1 Å². The van der Waals surface area contributed by atoms with Gasteiger partial charge in [0.2, 0.25) is 0 Å². The van der Waals surface area contributed by atoms with Crippen LogP contribution in [0.5, 0.6) is 5.75 Å². The molecule has 27 heavy (non-hydrogen) atoms. The Morgan fingerprint density at radius 3 is 2.70 bits per heavy atom. The lowest BCUT2D eigenvalue weighted by Crippen LogP contribution is -2.37. The second-order valence-corrected chi connectivity index (χ2v) is 5.98. The number of nitrogens with zero attached hydrogens (tertiary/aromatic N) is 1. The number of fused-ring (bicyclic) bond motifs is 3. The van der Waals surface area contributed by atoms with Gasteiger partial charge in [-0.25, -0.2) is 9.59 Å². The van der Waals surface area contributed by atoms with Gasteiger partial charge in [0.15, 0.2) is 13.2 Å². The number of furan rings is 1. The third-order valence-electron chi connectivity index (χ3n) is 4.22. The maximum absolute atomic E-state index is 11.8. The SMILES string of the molecule is O=C(COc1ccc2oc3ccccc3c2c1)OCC(=O)N1CCNC1=O. The third-order valence-corrected chi connectivity index (χ3v) is 4.22. The highest BCUT2D eigenvalue weighted by Crippen LogP contribution is 2.31. The van der Waals surface area contributed by atoms with Gasteiger partial charge in [-0.1, -0.05) is 18.2 Å². The van der Waals surface area contributed by atoms with Gasteiger partial charge in [-0.05, 0) is 24.3 Å². The zero-order valence-electron chi connectivity index (χ0n) is 14.3. The summed E-state index contributed by atoms with van der Waals surface area (Å²) in [6.07, 6.45) is 0. The van der Waals surface area contributed by atoms with Gasteiger partial charge in [0, 0.05) is 23.9 Å². The van der Waals surface area contributed by atoms with Crippen molar-refractivity contribution in [3.63, 3.8) is 0 Å². The number of nitrogens with one attached hydrogen (secondary N) is 1. The second-order valence-electron chi connectivity index (χ2n) is 5.98. The molecule has 1 aliphatic heterocycles. The van der Waals surface area contributed by atoms with E-state index in [1.54, 1.807) is 18.2 Å². The molecule has 0 atom stereocenters. The molecule has 8 nitrogen and oxygen atoms in total. The van der Waals surface area contributed by atoms with Gasteiger partial charge in [0.25, 0.3) is 5.91 Å². The van der Waals surface area contributed by atoms with Crippen LogP contribution in [0.2, 0.25) is 0 Å². The molecule has 4 rings (SSSR count). The first-order valence-electron chi connectivity index (χ1n) is 8.40. The molecule has 3 amide bonds. The number of para-hydroxylation sites is 1. The lowest BCUT2D eigenvalue weighted by atomic mass is 10.1. The highest BCUT2D eigenvalue weighted by molar-refractivity contribution is 6.05. The molecule has 8 heteroatoms. The van der Waals surface area contributed by atoms with E-state index >= 15 is 0 Å². The van der Waals surface area contributed by atoms with Crippen LogP contribution in [-0.4, -0.2) is 49.1 Å². The molecule has 0 spiro atoms. The van der Waals surface area contributed by atoms with Crippen LogP contribution in [0, 0.1) is 0 Å². The fraction of sp³-hybridized carbons (Fsp3) is 0.211. The van der Waals surface area contributed by atoms with E-state index in [0.29, 0.717) is 12.3 Å². The predicted octanol–water partition coefficient (Wildman–Crippen LogP) is 2.06. The Bertz CT molecular complexity index is 1040. The monoisotopic (exact) mass is 368 g/mol. The van der Waals surface area contributed by atoms with Crippen LogP contribution in [0.3, 0.4) is 0 Å². The lowest BCUT2D eigenvalue weighted by Gasteiger charge is -2.12. The molecular formula is C19H16N2O6. The van der Waals surface area contributed by atoms with Crippen LogP contribution >= 0.6 is 0 Å². The molecule has 2 heterocycles. The van der Waals surface area contributed by atoms with E-state index < -0.39 is 24.5 Å². The van der Waals surface area contributed by atoms with Crippen molar-refractivity contribution in [1.82, 2.24) is 10.2 Å². The molecular weight excluding hydrogens is 352 g/mol. The first kappa shape index (κ1) is 16.9. The minimum absolute atomic E-state index is 0.268. The average Bonchev–Trinajstić information content (AvgIpc) is 3.27. The summed E-state index contributed by atoms with van der Waals surface area (Å²) in [6, 6.07) is 12.4. The summed E-state index contributed by atoms with van der Waals surface area (Å²) in [6.45, 7) is -0.182. The second kappa shape index (κ2) is 6.99. The van der Waals surface area contributed by atoms with E-state index in [1.807, 2.05) is 24.3 Å². The van der Waals surface area contributed by atoms with Crippen molar-refractivity contribution in [2.75, 3.05) is 26.3 Å². The summed E-state index contributed by atoms with van der Waals surface area (Å²) in [5, 5.41) is 4.34. The van der Waals surface area contributed by atoms with E-state index in [-0.39, 0.29) is 13.2 Å². The molecule has 2 aromatic carbocycles. The van der Waals surface area contributed by atoms with Crippen LogP contribution in [0.4, 0.5) is 4.79 Å². The summed E-state index contributed by atoms with van der Waals surface area (Å²) >= 11 is 0. The Morgan fingerprint density at radius 2 is 1.89 bits per heavy atom. The fourth-order valence-corrected chi connectivity index (χ4v) is 2.91. The Labute approximate surface area is 153 Å². The number of benzene rings is 2.